The lowest BCUT2D eigenvalue weighted by molar-refractivity contribution is -0.162. The van der Waals surface area contributed by atoms with Gasteiger partial charge in [-0.15, -0.1) is 0 Å². The number of piperidine rings is 1. The van der Waals surface area contributed by atoms with E-state index in [1.54, 1.807) is 0 Å². The number of ether oxygens (including phenoxy) is 1. The molecule has 0 aromatic carbocycles. The Kier molecular flexibility index (Phi) is 3.42. The van der Waals surface area contributed by atoms with Gasteiger partial charge in [-0.05, 0) is 69.9 Å². The molecule has 0 radical (unpaired) electrons. The molecule has 1 aliphatic carbocycles. The highest BCUT2D eigenvalue weighted by atomic mass is 16.5. The molecular weight excluding hydrogens is 214 g/mol. The van der Waals surface area contributed by atoms with Crippen LogP contribution in [-0.4, -0.2) is 36.5 Å². The average Bonchev–Trinajstić information content (AvgIpc) is 2.37. The van der Waals surface area contributed by atoms with E-state index in [2.05, 4.69) is 5.32 Å². The Balaban J connectivity index is 1.58. The van der Waals surface area contributed by atoms with Gasteiger partial charge in [0.2, 0.25) is 0 Å². The zero-order valence-electron chi connectivity index (χ0n) is 10.7. The molecule has 3 fully saturated rings. The van der Waals surface area contributed by atoms with E-state index in [0.717, 1.165) is 45.4 Å². The summed E-state index contributed by atoms with van der Waals surface area (Å²) in [7, 11) is 0. The summed E-state index contributed by atoms with van der Waals surface area (Å²) >= 11 is 0. The summed E-state index contributed by atoms with van der Waals surface area (Å²) in [6.07, 6.45) is 8.14. The molecule has 0 aromatic rings. The Morgan fingerprint density at radius 3 is 2.53 bits per heavy atom. The maximum absolute atomic E-state index is 10.6. The Morgan fingerprint density at radius 1 is 1.12 bits per heavy atom. The largest absolute Gasteiger partial charge is 0.393 e. The summed E-state index contributed by atoms with van der Waals surface area (Å²) < 4.78 is 5.95. The maximum atomic E-state index is 10.6. The number of hydrogen-bond acceptors (Lipinski definition) is 3. The predicted octanol–water partition coefficient (Wildman–Crippen LogP) is 1.70. The smallest absolute Gasteiger partial charge is 0.0686 e. The van der Waals surface area contributed by atoms with Gasteiger partial charge in [0.05, 0.1) is 11.7 Å². The molecule has 1 saturated carbocycles. The fourth-order valence-corrected chi connectivity index (χ4v) is 3.85. The monoisotopic (exact) mass is 239 g/mol. The van der Waals surface area contributed by atoms with Crippen LogP contribution in [0.15, 0.2) is 0 Å². The molecule has 0 amide bonds. The molecule has 2 atom stereocenters. The molecule has 2 N–H and O–H groups in total. The fraction of sp³-hybridized carbons (Fsp3) is 1.00. The van der Waals surface area contributed by atoms with Crippen LogP contribution in [0.1, 0.15) is 44.9 Å². The zero-order valence-corrected chi connectivity index (χ0v) is 10.7. The molecule has 3 nitrogen and oxygen atoms in total. The van der Waals surface area contributed by atoms with Crippen LogP contribution in [0.4, 0.5) is 0 Å². The number of aliphatic hydroxyl groups is 1. The van der Waals surface area contributed by atoms with Gasteiger partial charge in [0.1, 0.15) is 0 Å². The molecule has 17 heavy (non-hydrogen) atoms. The van der Waals surface area contributed by atoms with Crippen LogP contribution in [0.3, 0.4) is 0 Å². The van der Waals surface area contributed by atoms with Crippen LogP contribution >= 0.6 is 0 Å². The Hall–Kier alpha value is -0.120. The van der Waals surface area contributed by atoms with E-state index in [9.17, 15) is 5.11 Å². The summed E-state index contributed by atoms with van der Waals surface area (Å²) in [6.45, 7) is 3.03. The summed E-state index contributed by atoms with van der Waals surface area (Å²) in [5.74, 6) is 1.02. The van der Waals surface area contributed by atoms with E-state index < -0.39 is 0 Å². The van der Waals surface area contributed by atoms with Crippen LogP contribution < -0.4 is 5.32 Å². The first-order valence-electron chi connectivity index (χ1n) is 7.32. The second-order valence-electron chi connectivity index (χ2n) is 6.22. The molecule has 0 aromatic heterocycles. The summed E-state index contributed by atoms with van der Waals surface area (Å²) in [5, 5.41) is 13.9. The second kappa shape index (κ2) is 4.87. The van der Waals surface area contributed by atoms with Crippen LogP contribution in [0.2, 0.25) is 0 Å². The van der Waals surface area contributed by atoms with Gasteiger partial charge >= 0.3 is 0 Å². The summed E-state index contributed by atoms with van der Waals surface area (Å²) in [5.41, 5.74) is 0.177. The van der Waals surface area contributed by atoms with Crippen molar-refractivity contribution in [2.75, 3.05) is 19.7 Å². The summed E-state index contributed by atoms with van der Waals surface area (Å²) in [6, 6.07) is 0. The van der Waals surface area contributed by atoms with Gasteiger partial charge in [0.25, 0.3) is 0 Å². The highest BCUT2D eigenvalue weighted by molar-refractivity contribution is 4.96. The lowest BCUT2D eigenvalue weighted by atomic mass is 9.69. The normalized spacial score (nSPS) is 35.5. The van der Waals surface area contributed by atoms with Crippen LogP contribution in [0.25, 0.3) is 0 Å². The van der Waals surface area contributed by atoms with Crippen molar-refractivity contribution in [2.24, 2.45) is 11.8 Å². The second-order valence-corrected chi connectivity index (χ2v) is 6.22. The van der Waals surface area contributed by atoms with E-state index in [-0.39, 0.29) is 11.7 Å². The van der Waals surface area contributed by atoms with Gasteiger partial charge in [-0.2, -0.15) is 0 Å². The SMILES string of the molecule is OC(C1CCNCC1)C1CCOC2(CCC2)C1. The first-order chi connectivity index (χ1) is 8.29. The minimum absolute atomic E-state index is 0.0847. The van der Waals surface area contributed by atoms with Crippen LogP contribution in [0, 0.1) is 11.8 Å². The lowest BCUT2D eigenvalue weighted by Crippen LogP contribution is -2.49. The number of hydrogen-bond donors (Lipinski definition) is 2. The fourth-order valence-electron chi connectivity index (χ4n) is 3.85. The highest BCUT2D eigenvalue weighted by Gasteiger charge is 2.45. The molecule has 2 unspecified atom stereocenters. The lowest BCUT2D eigenvalue weighted by Gasteiger charge is -2.49. The third kappa shape index (κ3) is 2.38. The molecule has 3 heteroatoms. The topological polar surface area (TPSA) is 41.5 Å². The Bertz CT molecular complexity index is 259. The van der Waals surface area contributed by atoms with Crippen molar-refractivity contribution in [1.82, 2.24) is 5.32 Å². The standard InChI is InChI=1S/C14H25NO2/c16-13(11-2-7-15-8-3-11)12-4-9-17-14(10-12)5-1-6-14/h11-13,15-16H,1-10H2. The van der Waals surface area contributed by atoms with Gasteiger partial charge in [0.15, 0.2) is 0 Å². The van der Waals surface area contributed by atoms with E-state index >= 15 is 0 Å². The molecule has 98 valence electrons. The molecule has 0 bridgehead atoms. The minimum Gasteiger partial charge on any atom is -0.393 e. The third-order valence-electron chi connectivity index (χ3n) is 5.15. The molecule has 2 aliphatic heterocycles. The molecule has 1 spiro atoms. The molecular formula is C14H25NO2. The molecule has 2 saturated heterocycles. The van der Waals surface area contributed by atoms with Crippen molar-refractivity contribution >= 4 is 0 Å². The van der Waals surface area contributed by atoms with Crippen molar-refractivity contribution in [2.45, 2.75) is 56.7 Å². The highest BCUT2D eigenvalue weighted by Crippen LogP contribution is 2.46. The van der Waals surface area contributed by atoms with Crippen molar-refractivity contribution in [3.05, 3.63) is 0 Å². The van der Waals surface area contributed by atoms with Crippen LogP contribution in [0.5, 0.6) is 0 Å². The van der Waals surface area contributed by atoms with E-state index in [1.165, 1.54) is 19.3 Å². The first-order valence-corrected chi connectivity index (χ1v) is 7.32. The van der Waals surface area contributed by atoms with Gasteiger partial charge < -0.3 is 15.2 Å². The van der Waals surface area contributed by atoms with Gasteiger partial charge in [-0.1, -0.05) is 0 Å². The van der Waals surface area contributed by atoms with Crippen molar-refractivity contribution in [3.8, 4) is 0 Å². The zero-order chi connectivity index (χ0) is 11.7. The number of rotatable bonds is 2. The average molecular weight is 239 g/mol. The maximum Gasteiger partial charge on any atom is 0.0686 e. The summed E-state index contributed by atoms with van der Waals surface area (Å²) in [4.78, 5) is 0. The van der Waals surface area contributed by atoms with Gasteiger partial charge in [-0.3, -0.25) is 0 Å². The Labute approximate surface area is 104 Å². The van der Waals surface area contributed by atoms with E-state index in [1.807, 2.05) is 0 Å². The van der Waals surface area contributed by atoms with Crippen LogP contribution in [-0.2, 0) is 4.74 Å². The molecule has 3 aliphatic rings. The Morgan fingerprint density at radius 2 is 1.88 bits per heavy atom. The van der Waals surface area contributed by atoms with Crippen molar-refractivity contribution in [1.29, 1.82) is 0 Å². The van der Waals surface area contributed by atoms with Gasteiger partial charge in [-0.25, -0.2) is 0 Å². The van der Waals surface area contributed by atoms with E-state index in [4.69, 9.17) is 4.74 Å². The minimum atomic E-state index is -0.0847. The van der Waals surface area contributed by atoms with E-state index in [0.29, 0.717) is 11.8 Å². The molecule has 3 rings (SSSR count). The third-order valence-corrected chi connectivity index (χ3v) is 5.15. The quantitative estimate of drug-likeness (QED) is 0.770. The first kappa shape index (κ1) is 11.9. The van der Waals surface area contributed by atoms with Crippen molar-refractivity contribution in [3.63, 3.8) is 0 Å². The number of aliphatic hydroxyl groups excluding tert-OH is 1. The predicted molar refractivity (Wildman–Crippen MR) is 66.9 cm³/mol. The number of nitrogens with one attached hydrogen (secondary N) is 1. The molecule has 2 heterocycles. The van der Waals surface area contributed by atoms with Crippen molar-refractivity contribution < 1.29 is 9.84 Å². The van der Waals surface area contributed by atoms with Gasteiger partial charge in [0, 0.05) is 6.61 Å².